The van der Waals surface area contributed by atoms with Crippen LogP contribution in [-0.4, -0.2) is 13.4 Å². The van der Waals surface area contributed by atoms with Crippen LogP contribution in [0.3, 0.4) is 0 Å². The summed E-state index contributed by atoms with van der Waals surface area (Å²) in [5.74, 6) is 1.35. The first kappa shape index (κ1) is 14.5. The minimum absolute atomic E-state index is 0.0398. The van der Waals surface area contributed by atoms with Gasteiger partial charge in [0.15, 0.2) is 0 Å². The molecule has 0 aliphatic carbocycles. The molecule has 1 heterocycles. The number of para-hydroxylation sites is 1. The van der Waals surface area contributed by atoms with E-state index < -0.39 is 10.0 Å². The molecular formula is C14H16N2O3S. The molecule has 0 aliphatic rings. The number of pyridine rings is 1. The van der Waals surface area contributed by atoms with Crippen LogP contribution in [0, 0.1) is 0 Å². The number of hydrogen-bond donors (Lipinski definition) is 1. The molecule has 0 fully saturated rings. The van der Waals surface area contributed by atoms with Crippen molar-refractivity contribution in [2.24, 2.45) is 5.14 Å². The summed E-state index contributed by atoms with van der Waals surface area (Å²) in [5.41, 5.74) is 1.06. The molecule has 6 heteroatoms. The molecule has 0 amide bonds. The molecule has 0 radical (unpaired) electrons. The van der Waals surface area contributed by atoms with Gasteiger partial charge in [0, 0.05) is 6.07 Å². The molecule has 1 aromatic carbocycles. The number of ether oxygens (including phenoxy) is 1. The average Bonchev–Trinajstić information content (AvgIpc) is 2.38. The lowest BCUT2D eigenvalue weighted by atomic mass is 10.0. The van der Waals surface area contributed by atoms with Gasteiger partial charge >= 0.3 is 0 Å². The van der Waals surface area contributed by atoms with Crippen molar-refractivity contribution < 1.29 is 13.2 Å². The Morgan fingerprint density at radius 2 is 1.85 bits per heavy atom. The molecular weight excluding hydrogens is 276 g/mol. The van der Waals surface area contributed by atoms with Crippen molar-refractivity contribution in [2.75, 3.05) is 0 Å². The topological polar surface area (TPSA) is 82.3 Å². The van der Waals surface area contributed by atoms with Crippen LogP contribution < -0.4 is 9.88 Å². The van der Waals surface area contributed by atoms with E-state index in [0.717, 1.165) is 5.56 Å². The second-order valence-electron chi connectivity index (χ2n) is 4.67. The van der Waals surface area contributed by atoms with Gasteiger partial charge in [-0.05, 0) is 23.6 Å². The highest BCUT2D eigenvalue weighted by Gasteiger charge is 2.11. The molecule has 2 rings (SSSR count). The van der Waals surface area contributed by atoms with Crippen molar-refractivity contribution in [1.82, 2.24) is 4.98 Å². The molecule has 0 spiro atoms. The highest BCUT2D eigenvalue weighted by atomic mass is 32.2. The van der Waals surface area contributed by atoms with E-state index in [-0.39, 0.29) is 4.90 Å². The van der Waals surface area contributed by atoms with Gasteiger partial charge in [-0.25, -0.2) is 18.5 Å². The monoisotopic (exact) mass is 292 g/mol. The molecule has 5 nitrogen and oxygen atoms in total. The first-order chi connectivity index (χ1) is 9.38. The predicted molar refractivity (Wildman–Crippen MR) is 76.2 cm³/mol. The summed E-state index contributed by atoms with van der Waals surface area (Å²) < 4.78 is 28.0. The molecule has 0 bridgehead atoms. The number of benzene rings is 1. The third-order valence-electron chi connectivity index (χ3n) is 2.79. The molecule has 0 atom stereocenters. The van der Waals surface area contributed by atoms with Crippen molar-refractivity contribution in [2.45, 2.75) is 24.7 Å². The number of primary sulfonamides is 1. The van der Waals surface area contributed by atoms with Crippen LogP contribution in [0.1, 0.15) is 25.3 Å². The number of nitrogens with two attached hydrogens (primary N) is 1. The van der Waals surface area contributed by atoms with Crippen molar-refractivity contribution >= 4 is 10.0 Å². The Bertz CT molecular complexity index is 695. The number of nitrogens with zero attached hydrogens (tertiary/aromatic N) is 1. The summed E-state index contributed by atoms with van der Waals surface area (Å²) in [7, 11) is -3.73. The van der Waals surface area contributed by atoms with Crippen LogP contribution >= 0.6 is 0 Å². The highest BCUT2D eigenvalue weighted by molar-refractivity contribution is 7.89. The van der Waals surface area contributed by atoms with Gasteiger partial charge in [-0.3, -0.25) is 0 Å². The van der Waals surface area contributed by atoms with Gasteiger partial charge in [0.25, 0.3) is 0 Å². The number of sulfonamides is 1. The maximum Gasteiger partial charge on any atom is 0.239 e. The van der Waals surface area contributed by atoms with Gasteiger partial charge in [-0.15, -0.1) is 0 Å². The van der Waals surface area contributed by atoms with E-state index in [9.17, 15) is 8.42 Å². The number of hydrogen-bond acceptors (Lipinski definition) is 4. The summed E-state index contributed by atoms with van der Waals surface area (Å²) in [6.07, 6.45) is 1.18. The van der Waals surface area contributed by atoms with Crippen LogP contribution in [0.4, 0.5) is 0 Å². The minimum Gasteiger partial charge on any atom is -0.439 e. The quantitative estimate of drug-likeness (QED) is 0.939. The predicted octanol–water partition coefficient (Wildman–Crippen LogP) is 2.64. The SMILES string of the molecule is CC(C)c1ccccc1Oc1ccc(S(N)(=O)=O)cn1. The van der Waals surface area contributed by atoms with Crippen molar-refractivity contribution in [3.05, 3.63) is 48.2 Å². The standard InChI is InChI=1S/C14H16N2O3S/c1-10(2)12-5-3-4-6-13(12)19-14-8-7-11(9-16-14)20(15,17)18/h3-10H,1-2H3,(H2,15,17,18). The maximum absolute atomic E-state index is 11.1. The summed E-state index contributed by atoms with van der Waals surface area (Å²) in [6, 6.07) is 10.5. The molecule has 0 saturated carbocycles. The van der Waals surface area contributed by atoms with Crippen LogP contribution in [0.15, 0.2) is 47.5 Å². The van der Waals surface area contributed by atoms with Crippen LogP contribution in [0.25, 0.3) is 0 Å². The largest absolute Gasteiger partial charge is 0.439 e. The summed E-state index contributed by atoms with van der Waals surface area (Å²) >= 11 is 0. The highest BCUT2D eigenvalue weighted by Crippen LogP contribution is 2.29. The Balaban J connectivity index is 2.27. The lowest BCUT2D eigenvalue weighted by Gasteiger charge is -2.12. The number of rotatable bonds is 4. The van der Waals surface area contributed by atoms with Gasteiger partial charge < -0.3 is 4.74 Å². The van der Waals surface area contributed by atoms with Gasteiger partial charge in [0.2, 0.25) is 15.9 Å². The first-order valence-electron chi connectivity index (χ1n) is 6.13. The van der Waals surface area contributed by atoms with Gasteiger partial charge in [-0.2, -0.15) is 0 Å². The fourth-order valence-electron chi connectivity index (χ4n) is 1.76. The van der Waals surface area contributed by atoms with Gasteiger partial charge in [-0.1, -0.05) is 32.0 Å². The average molecular weight is 292 g/mol. The Kier molecular flexibility index (Phi) is 4.06. The number of aromatic nitrogens is 1. The molecule has 0 saturated heterocycles. The second kappa shape index (κ2) is 5.60. The smallest absolute Gasteiger partial charge is 0.239 e. The van der Waals surface area contributed by atoms with E-state index in [4.69, 9.17) is 9.88 Å². The Hall–Kier alpha value is -1.92. The molecule has 0 aliphatic heterocycles. The van der Waals surface area contributed by atoms with Gasteiger partial charge in [0.05, 0.1) is 6.20 Å². The van der Waals surface area contributed by atoms with Crippen LogP contribution in [0.2, 0.25) is 0 Å². The van der Waals surface area contributed by atoms with E-state index in [1.165, 1.54) is 18.3 Å². The summed E-state index contributed by atoms with van der Waals surface area (Å²) in [6.45, 7) is 4.14. The third-order valence-corrected chi connectivity index (χ3v) is 3.69. The normalized spacial score (nSPS) is 11.6. The molecule has 1 aromatic heterocycles. The molecule has 0 unspecified atom stereocenters. The minimum atomic E-state index is -3.73. The Labute approximate surface area is 118 Å². The lowest BCUT2D eigenvalue weighted by Crippen LogP contribution is -2.12. The van der Waals surface area contributed by atoms with E-state index >= 15 is 0 Å². The van der Waals surface area contributed by atoms with E-state index in [0.29, 0.717) is 17.5 Å². The molecule has 2 aromatic rings. The molecule has 106 valence electrons. The van der Waals surface area contributed by atoms with Crippen LogP contribution in [0.5, 0.6) is 11.6 Å². The van der Waals surface area contributed by atoms with Crippen molar-refractivity contribution in [1.29, 1.82) is 0 Å². The molecule has 2 N–H and O–H groups in total. The van der Waals surface area contributed by atoms with E-state index in [1.54, 1.807) is 0 Å². The summed E-state index contributed by atoms with van der Waals surface area (Å²) in [5, 5.41) is 5.01. The summed E-state index contributed by atoms with van der Waals surface area (Å²) in [4.78, 5) is 3.92. The lowest BCUT2D eigenvalue weighted by molar-refractivity contribution is 0.453. The zero-order valence-corrected chi connectivity index (χ0v) is 12.1. The van der Waals surface area contributed by atoms with Gasteiger partial charge in [0.1, 0.15) is 10.6 Å². The second-order valence-corrected chi connectivity index (χ2v) is 6.23. The Morgan fingerprint density at radius 1 is 1.15 bits per heavy atom. The van der Waals surface area contributed by atoms with E-state index in [2.05, 4.69) is 18.8 Å². The van der Waals surface area contributed by atoms with Crippen molar-refractivity contribution in [3.8, 4) is 11.6 Å². The maximum atomic E-state index is 11.1. The fraction of sp³-hybridized carbons (Fsp3) is 0.214. The fourth-order valence-corrected chi connectivity index (χ4v) is 2.22. The zero-order valence-electron chi connectivity index (χ0n) is 11.3. The molecule has 20 heavy (non-hydrogen) atoms. The first-order valence-corrected chi connectivity index (χ1v) is 7.68. The zero-order chi connectivity index (χ0) is 14.8. The van der Waals surface area contributed by atoms with Crippen molar-refractivity contribution in [3.63, 3.8) is 0 Å². The van der Waals surface area contributed by atoms with E-state index in [1.807, 2.05) is 24.3 Å². The Morgan fingerprint density at radius 3 is 2.40 bits per heavy atom. The third kappa shape index (κ3) is 3.34. The van der Waals surface area contributed by atoms with Crippen LogP contribution in [-0.2, 0) is 10.0 Å².